The molecule has 0 amide bonds. The lowest BCUT2D eigenvalue weighted by molar-refractivity contribution is -0.248. The monoisotopic (exact) mass is 334 g/mol. The van der Waals surface area contributed by atoms with Gasteiger partial charge in [0.1, 0.15) is 0 Å². The summed E-state index contributed by atoms with van der Waals surface area (Å²) in [6.45, 7) is 1.39. The van der Waals surface area contributed by atoms with Crippen molar-refractivity contribution < 1.29 is 31.4 Å². The van der Waals surface area contributed by atoms with Gasteiger partial charge in [-0.05, 0) is 30.2 Å². The number of aliphatic hydroxyl groups is 1. The molecule has 1 N–H and O–H groups in total. The van der Waals surface area contributed by atoms with Crippen molar-refractivity contribution >= 4 is 0 Å². The predicted molar refractivity (Wildman–Crippen MR) is 71.7 cm³/mol. The van der Waals surface area contributed by atoms with Gasteiger partial charge in [0.15, 0.2) is 0 Å². The summed E-state index contributed by atoms with van der Waals surface area (Å²) in [4.78, 5) is 0. The van der Waals surface area contributed by atoms with Gasteiger partial charge in [0.25, 0.3) is 0 Å². The average Bonchev–Trinajstić information content (AvgIpc) is 2.45. The van der Waals surface area contributed by atoms with Crippen LogP contribution < -0.4 is 0 Å². The molecule has 124 valence electrons. The highest BCUT2D eigenvalue weighted by Gasteiger charge is 2.56. The molecule has 1 unspecified atom stereocenters. The molecular formula is C16H12F6O. The molecule has 0 aliphatic rings. The third-order valence-electron chi connectivity index (χ3n) is 3.58. The average molecular weight is 334 g/mol. The lowest BCUT2D eigenvalue weighted by atomic mass is 9.83. The summed E-state index contributed by atoms with van der Waals surface area (Å²) in [5.41, 5.74) is -5.40. The summed E-state index contributed by atoms with van der Waals surface area (Å²) >= 11 is 0. The van der Waals surface area contributed by atoms with E-state index in [9.17, 15) is 31.4 Å². The molecule has 0 saturated heterocycles. The van der Waals surface area contributed by atoms with Crippen molar-refractivity contribution in [3.05, 3.63) is 70.8 Å². The molecule has 2 rings (SSSR count). The molecule has 1 atom stereocenters. The maximum atomic E-state index is 13.5. The van der Waals surface area contributed by atoms with E-state index in [1.54, 1.807) is 0 Å². The van der Waals surface area contributed by atoms with E-state index in [4.69, 9.17) is 0 Å². The first kappa shape index (κ1) is 17.3. The van der Waals surface area contributed by atoms with Gasteiger partial charge in [0.05, 0.1) is 5.56 Å². The summed E-state index contributed by atoms with van der Waals surface area (Å²) in [5.74, 6) is 0. The summed E-state index contributed by atoms with van der Waals surface area (Å²) in [6.07, 6.45) is -9.77. The maximum absolute atomic E-state index is 13.5. The number of benzene rings is 2. The first-order valence-electron chi connectivity index (χ1n) is 6.51. The molecule has 7 heteroatoms. The Morgan fingerprint density at radius 2 is 1.22 bits per heavy atom. The fourth-order valence-corrected chi connectivity index (χ4v) is 2.35. The van der Waals surface area contributed by atoms with Crippen LogP contribution in [0, 0.1) is 6.92 Å². The van der Waals surface area contributed by atoms with Gasteiger partial charge in [-0.3, -0.25) is 0 Å². The minimum absolute atomic E-state index is 0.173. The zero-order chi connectivity index (χ0) is 17.5. The van der Waals surface area contributed by atoms with Crippen LogP contribution in [0.3, 0.4) is 0 Å². The first-order valence-corrected chi connectivity index (χ1v) is 6.51. The number of rotatable bonds is 2. The normalized spacial score (nSPS) is 15.3. The lowest BCUT2D eigenvalue weighted by Gasteiger charge is -2.32. The van der Waals surface area contributed by atoms with Crippen LogP contribution in [0.1, 0.15) is 22.3 Å². The van der Waals surface area contributed by atoms with Crippen LogP contribution in [0.4, 0.5) is 26.3 Å². The molecule has 2 aromatic rings. The third kappa shape index (κ3) is 3.06. The van der Waals surface area contributed by atoms with Crippen molar-refractivity contribution in [1.82, 2.24) is 0 Å². The molecule has 1 nitrogen and oxygen atoms in total. The second kappa shape index (κ2) is 5.56. The predicted octanol–water partition coefficient (Wildman–Crippen LogP) is 4.81. The highest BCUT2D eigenvalue weighted by Crippen LogP contribution is 2.45. The van der Waals surface area contributed by atoms with Crippen LogP contribution in [0.5, 0.6) is 0 Å². The van der Waals surface area contributed by atoms with E-state index < -0.39 is 34.6 Å². The Bertz CT molecular complexity index is 687. The van der Waals surface area contributed by atoms with Crippen molar-refractivity contribution in [3.8, 4) is 0 Å². The Morgan fingerprint density at radius 1 is 0.739 bits per heavy atom. The molecule has 0 heterocycles. The second-order valence-corrected chi connectivity index (χ2v) is 5.10. The van der Waals surface area contributed by atoms with Crippen LogP contribution in [-0.4, -0.2) is 11.3 Å². The van der Waals surface area contributed by atoms with Crippen molar-refractivity contribution in [1.29, 1.82) is 0 Å². The van der Waals surface area contributed by atoms with Crippen molar-refractivity contribution in [3.63, 3.8) is 0 Å². The molecule has 23 heavy (non-hydrogen) atoms. The van der Waals surface area contributed by atoms with E-state index in [0.29, 0.717) is 24.3 Å². The Morgan fingerprint density at radius 3 is 1.65 bits per heavy atom. The van der Waals surface area contributed by atoms with E-state index in [1.165, 1.54) is 25.1 Å². The Kier molecular flexibility index (Phi) is 4.19. The van der Waals surface area contributed by atoms with E-state index in [2.05, 4.69) is 0 Å². The third-order valence-corrected chi connectivity index (χ3v) is 3.58. The van der Waals surface area contributed by atoms with Crippen LogP contribution >= 0.6 is 0 Å². The van der Waals surface area contributed by atoms with Crippen molar-refractivity contribution in [2.75, 3.05) is 0 Å². The number of hydrogen-bond donors (Lipinski definition) is 1. The molecule has 0 fully saturated rings. The van der Waals surface area contributed by atoms with Crippen LogP contribution in [0.25, 0.3) is 0 Å². The fourth-order valence-electron chi connectivity index (χ4n) is 2.35. The summed E-state index contributed by atoms with van der Waals surface area (Å²) < 4.78 is 78.2. The second-order valence-electron chi connectivity index (χ2n) is 5.10. The summed E-state index contributed by atoms with van der Waals surface area (Å²) in [6, 6.07) is 7.63. The van der Waals surface area contributed by atoms with Gasteiger partial charge in [-0.2, -0.15) is 26.3 Å². The largest absolute Gasteiger partial charge is 0.425 e. The van der Waals surface area contributed by atoms with Crippen LogP contribution in [-0.2, 0) is 11.8 Å². The van der Waals surface area contributed by atoms with Crippen molar-refractivity contribution in [2.24, 2.45) is 0 Å². The maximum Gasteiger partial charge on any atom is 0.425 e. The van der Waals surface area contributed by atoms with Gasteiger partial charge in [-0.1, -0.05) is 36.4 Å². The molecule has 0 radical (unpaired) electrons. The molecule has 2 aromatic carbocycles. The molecule has 0 spiro atoms. The lowest BCUT2D eigenvalue weighted by Crippen LogP contribution is -2.43. The number of aryl methyl sites for hydroxylation is 1. The zero-order valence-corrected chi connectivity index (χ0v) is 11.8. The Balaban J connectivity index is 2.64. The van der Waals surface area contributed by atoms with Gasteiger partial charge in [0, 0.05) is 5.56 Å². The van der Waals surface area contributed by atoms with Gasteiger partial charge in [-0.15, -0.1) is 0 Å². The molecule has 0 saturated carbocycles. The highest BCUT2D eigenvalue weighted by atomic mass is 19.4. The first-order chi connectivity index (χ1) is 10.5. The Hall–Kier alpha value is -2.02. The van der Waals surface area contributed by atoms with Gasteiger partial charge >= 0.3 is 12.4 Å². The van der Waals surface area contributed by atoms with Crippen molar-refractivity contribution in [2.45, 2.75) is 24.9 Å². The topological polar surface area (TPSA) is 20.2 Å². The summed E-state index contributed by atoms with van der Waals surface area (Å²) in [5, 5.41) is 10.4. The van der Waals surface area contributed by atoms with E-state index in [1.807, 2.05) is 0 Å². The van der Waals surface area contributed by atoms with Crippen LogP contribution in [0.2, 0.25) is 0 Å². The quantitative estimate of drug-likeness (QED) is 0.781. The minimum atomic E-state index is -5.10. The molecule has 0 aliphatic heterocycles. The molecule has 0 bridgehead atoms. The minimum Gasteiger partial charge on any atom is -0.372 e. The van der Waals surface area contributed by atoms with Gasteiger partial charge in [0.2, 0.25) is 5.60 Å². The SMILES string of the molecule is Cc1ccccc1C(O)(c1ccc(C(F)(F)F)cc1)C(F)(F)F. The number of halogens is 6. The van der Waals surface area contributed by atoms with Gasteiger partial charge in [-0.25, -0.2) is 0 Å². The summed E-state index contributed by atoms with van der Waals surface area (Å²) in [7, 11) is 0. The fraction of sp³-hybridized carbons (Fsp3) is 0.250. The molecule has 0 aromatic heterocycles. The molecular weight excluding hydrogens is 322 g/mol. The highest BCUT2D eigenvalue weighted by molar-refractivity contribution is 5.43. The molecule has 0 aliphatic carbocycles. The van der Waals surface area contributed by atoms with E-state index in [-0.39, 0.29) is 5.56 Å². The number of alkyl halides is 6. The number of hydrogen-bond acceptors (Lipinski definition) is 1. The van der Waals surface area contributed by atoms with Gasteiger partial charge < -0.3 is 5.11 Å². The zero-order valence-electron chi connectivity index (χ0n) is 11.8. The van der Waals surface area contributed by atoms with E-state index >= 15 is 0 Å². The van der Waals surface area contributed by atoms with E-state index in [0.717, 1.165) is 6.07 Å². The smallest absolute Gasteiger partial charge is 0.372 e. The Labute approximate surface area is 128 Å². The van der Waals surface area contributed by atoms with Crippen LogP contribution in [0.15, 0.2) is 48.5 Å². The standard InChI is InChI=1S/C16H12F6O/c1-10-4-2-3-5-13(10)14(23,16(20,21)22)11-6-8-12(9-7-11)15(17,18)19/h2-9,23H,1H3.